The Labute approximate surface area is 157 Å². The van der Waals surface area contributed by atoms with E-state index in [-0.39, 0.29) is 0 Å². The average molecular weight is 403 g/mol. The molecule has 0 bridgehead atoms. The van der Waals surface area contributed by atoms with Crippen LogP contribution in [0.25, 0.3) is 0 Å². The second kappa shape index (κ2) is 9.52. The molecule has 0 fully saturated rings. The maximum Gasteiger partial charge on any atom is 0.431 e. The van der Waals surface area contributed by atoms with Gasteiger partial charge in [0.15, 0.2) is 0 Å². The van der Waals surface area contributed by atoms with Gasteiger partial charge in [-0.1, -0.05) is 5.10 Å². The first-order valence-corrected chi connectivity index (χ1v) is 9.92. The van der Waals surface area contributed by atoms with E-state index in [4.69, 9.17) is 5.26 Å². The second-order valence-electron chi connectivity index (χ2n) is 5.57. The molecular formula is C14H22N6O4S2. The Morgan fingerprint density at radius 2 is 1.65 bits per heavy atom. The molecule has 0 saturated heterocycles. The first kappa shape index (κ1) is 21.9. The SMILES string of the molecule is CN(C)c1ccc(N=Nc2sc(N(C)C)n[n+]2C)cc1.CS(=O)(=O)O[O-]. The monoisotopic (exact) mass is 402 g/mol. The molecule has 0 aliphatic carbocycles. The van der Waals surface area contributed by atoms with Crippen LogP contribution in [-0.2, 0) is 21.5 Å². The first-order chi connectivity index (χ1) is 12.0. The van der Waals surface area contributed by atoms with Crippen molar-refractivity contribution in [3.05, 3.63) is 24.3 Å². The number of rotatable bonds is 5. The predicted octanol–water partition coefficient (Wildman–Crippen LogP) is 0.753. The van der Waals surface area contributed by atoms with Crippen LogP contribution in [-0.4, -0.2) is 48.0 Å². The van der Waals surface area contributed by atoms with Gasteiger partial charge >= 0.3 is 5.13 Å². The average Bonchev–Trinajstić information content (AvgIpc) is 2.94. The second-order valence-corrected chi connectivity index (χ2v) is 8.05. The van der Waals surface area contributed by atoms with E-state index >= 15 is 0 Å². The van der Waals surface area contributed by atoms with Gasteiger partial charge in [-0.25, -0.2) is 8.42 Å². The third kappa shape index (κ3) is 7.39. The van der Waals surface area contributed by atoms with Gasteiger partial charge in [0.2, 0.25) is 5.13 Å². The fraction of sp³-hybridized carbons (Fsp3) is 0.429. The highest BCUT2D eigenvalue weighted by Crippen LogP contribution is 2.25. The molecule has 0 aliphatic heterocycles. The van der Waals surface area contributed by atoms with Crippen LogP contribution in [0.1, 0.15) is 0 Å². The van der Waals surface area contributed by atoms with Crippen LogP contribution >= 0.6 is 11.3 Å². The summed E-state index contributed by atoms with van der Waals surface area (Å²) in [6.07, 6.45) is 0.681. The van der Waals surface area contributed by atoms with Crippen LogP contribution in [0, 0.1) is 0 Å². The Balaban J connectivity index is 0.000000487. The number of aromatic nitrogens is 2. The molecule has 1 aromatic carbocycles. The van der Waals surface area contributed by atoms with Gasteiger partial charge in [0.05, 0.1) is 11.4 Å². The summed E-state index contributed by atoms with van der Waals surface area (Å²) in [4.78, 5) is 4.00. The maximum absolute atomic E-state index is 9.47. The van der Waals surface area contributed by atoms with Crippen molar-refractivity contribution in [2.45, 2.75) is 0 Å². The molecule has 2 aromatic rings. The third-order valence-electron chi connectivity index (χ3n) is 2.82. The summed E-state index contributed by atoms with van der Waals surface area (Å²) in [5, 5.41) is 23.4. The Kier molecular flexibility index (Phi) is 8.02. The lowest BCUT2D eigenvalue weighted by molar-refractivity contribution is -0.712. The molecule has 0 amide bonds. The molecule has 26 heavy (non-hydrogen) atoms. The van der Waals surface area contributed by atoms with Crippen LogP contribution in [0.2, 0.25) is 0 Å². The van der Waals surface area contributed by atoms with Gasteiger partial charge in [-0.15, -0.1) is 4.68 Å². The zero-order valence-corrected chi connectivity index (χ0v) is 17.1. The minimum atomic E-state index is -3.72. The van der Waals surface area contributed by atoms with E-state index in [2.05, 4.69) is 19.7 Å². The quantitative estimate of drug-likeness (QED) is 0.314. The Bertz CT molecular complexity index is 832. The number of anilines is 2. The van der Waals surface area contributed by atoms with Gasteiger partial charge < -0.3 is 19.4 Å². The minimum absolute atomic E-state index is 0.681. The number of hydrogen-bond acceptors (Lipinski definition) is 10. The van der Waals surface area contributed by atoms with E-state index in [1.165, 1.54) is 11.3 Å². The van der Waals surface area contributed by atoms with E-state index in [9.17, 15) is 8.42 Å². The summed E-state index contributed by atoms with van der Waals surface area (Å²) in [5.41, 5.74) is 1.97. The molecule has 0 atom stereocenters. The fourth-order valence-electron chi connectivity index (χ4n) is 1.52. The minimum Gasteiger partial charge on any atom is -0.707 e. The van der Waals surface area contributed by atoms with Crippen LogP contribution in [0.4, 0.5) is 21.6 Å². The topological polar surface area (TPSA) is 114 Å². The summed E-state index contributed by atoms with van der Waals surface area (Å²) in [7, 11) is 6.09. The van der Waals surface area contributed by atoms with Crippen LogP contribution in [0.15, 0.2) is 34.5 Å². The zero-order chi connectivity index (χ0) is 19.9. The van der Waals surface area contributed by atoms with Crippen molar-refractivity contribution in [3.8, 4) is 0 Å². The molecule has 1 heterocycles. The van der Waals surface area contributed by atoms with Gasteiger partial charge in [0.25, 0.3) is 10.1 Å². The van der Waals surface area contributed by atoms with Crippen molar-refractivity contribution < 1.29 is 22.7 Å². The van der Waals surface area contributed by atoms with E-state index in [0.29, 0.717) is 6.26 Å². The highest BCUT2D eigenvalue weighted by molar-refractivity contribution is 7.85. The summed E-state index contributed by atoms with van der Waals surface area (Å²) >= 11 is 1.50. The molecule has 0 N–H and O–H groups in total. The predicted molar refractivity (Wildman–Crippen MR) is 98.5 cm³/mol. The van der Waals surface area contributed by atoms with E-state index in [0.717, 1.165) is 21.6 Å². The molecule has 144 valence electrons. The Morgan fingerprint density at radius 1 is 1.12 bits per heavy atom. The van der Waals surface area contributed by atoms with Crippen LogP contribution in [0.5, 0.6) is 0 Å². The van der Waals surface area contributed by atoms with Crippen molar-refractivity contribution in [2.24, 2.45) is 17.3 Å². The van der Waals surface area contributed by atoms with Gasteiger partial charge in [-0.05, 0) is 40.7 Å². The number of aryl methyl sites for hydroxylation is 1. The molecule has 0 aliphatic rings. The normalized spacial score (nSPS) is 11.2. The number of benzene rings is 1. The third-order valence-corrected chi connectivity index (χ3v) is 4.22. The van der Waals surface area contributed by atoms with Gasteiger partial charge in [-0.3, -0.25) is 0 Å². The Hall–Kier alpha value is -2.15. The molecule has 2 rings (SSSR count). The van der Waals surface area contributed by atoms with Crippen molar-refractivity contribution in [1.29, 1.82) is 0 Å². The summed E-state index contributed by atoms with van der Waals surface area (Å²) in [5.74, 6) is 0. The van der Waals surface area contributed by atoms with Crippen LogP contribution in [0.3, 0.4) is 0 Å². The summed E-state index contributed by atoms with van der Waals surface area (Å²) in [6.45, 7) is 0. The Morgan fingerprint density at radius 3 is 2.04 bits per heavy atom. The van der Waals surface area contributed by atoms with Crippen LogP contribution < -0.4 is 19.7 Å². The standard InChI is InChI=1S/C13H19N6S.CH4O4S/c1-17(2)11-8-6-10(7-9-11)14-15-12-19(5)16-13(20-12)18(3)4;1-6(3,4)5-2/h6-9H,1-5H3;2H,1H3/q+1;/p-1. The van der Waals surface area contributed by atoms with Crippen molar-refractivity contribution in [1.82, 2.24) is 5.10 Å². The largest absolute Gasteiger partial charge is 0.707 e. The number of azo groups is 1. The zero-order valence-electron chi connectivity index (χ0n) is 15.4. The smallest absolute Gasteiger partial charge is 0.431 e. The molecule has 0 saturated carbocycles. The lowest BCUT2D eigenvalue weighted by atomic mass is 10.3. The lowest BCUT2D eigenvalue weighted by Gasteiger charge is -2.11. The molecule has 12 heteroatoms. The molecule has 0 unspecified atom stereocenters. The van der Waals surface area contributed by atoms with E-state index < -0.39 is 10.1 Å². The molecule has 10 nitrogen and oxygen atoms in total. The highest BCUT2D eigenvalue weighted by atomic mass is 32.2. The fourth-order valence-corrected chi connectivity index (χ4v) is 2.29. The first-order valence-electron chi connectivity index (χ1n) is 7.28. The van der Waals surface area contributed by atoms with Gasteiger partial charge in [0, 0.05) is 33.9 Å². The number of nitrogens with zero attached hydrogens (tertiary/aromatic N) is 6. The van der Waals surface area contributed by atoms with Gasteiger partial charge in [-0.2, -0.15) is 0 Å². The van der Waals surface area contributed by atoms with E-state index in [1.807, 2.05) is 69.3 Å². The van der Waals surface area contributed by atoms with Crippen molar-refractivity contribution >= 4 is 43.1 Å². The van der Waals surface area contributed by atoms with Crippen molar-refractivity contribution in [3.63, 3.8) is 0 Å². The van der Waals surface area contributed by atoms with Crippen molar-refractivity contribution in [2.75, 3.05) is 44.2 Å². The molecular weight excluding hydrogens is 380 g/mol. The lowest BCUT2D eigenvalue weighted by Crippen LogP contribution is -2.30. The number of hydrogen-bond donors (Lipinski definition) is 0. The maximum atomic E-state index is 9.47. The molecule has 0 radical (unpaired) electrons. The molecule has 0 spiro atoms. The summed E-state index contributed by atoms with van der Waals surface area (Å²) < 4.78 is 23.3. The summed E-state index contributed by atoms with van der Waals surface area (Å²) in [6, 6.07) is 7.94. The van der Waals surface area contributed by atoms with E-state index in [1.54, 1.807) is 4.68 Å². The molecule has 1 aromatic heterocycles. The highest BCUT2D eigenvalue weighted by Gasteiger charge is 2.16. The van der Waals surface area contributed by atoms with Gasteiger partial charge in [0.1, 0.15) is 12.7 Å².